The Balaban J connectivity index is 2.16. The van der Waals surface area contributed by atoms with E-state index >= 15 is 0 Å². The molecule has 0 spiro atoms. The minimum absolute atomic E-state index is 0.0739. The number of aryl methyl sites for hydroxylation is 1. The average molecular weight is 427 g/mol. The molecule has 1 unspecified atom stereocenters. The Morgan fingerprint density at radius 1 is 1.06 bits per heavy atom. The van der Waals surface area contributed by atoms with Crippen LogP contribution in [0.3, 0.4) is 0 Å². The first-order chi connectivity index (χ1) is 15.0. The van der Waals surface area contributed by atoms with Gasteiger partial charge >= 0.3 is 5.97 Å². The highest BCUT2D eigenvalue weighted by atomic mass is 16.5. The van der Waals surface area contributed by atoms with Crippen molar-refractivity contribution in [3.05, 3.63) is 78.9 Å². The van der Waals surface area contributed by atoms with Crippen LogP contribution in [0.25, 0.3) is 0 Å². The molecule has 0 amide bonds. The van der Waals surface area contributed by atoms with Crippen molar-refractivity contribution in [2.75, 3.05) is 13.2 Å². The van der Waals surface area contributed by atoms with Gasteiger partial charge in [-0.25, -0.2) is 4.79 Å². The van der Waals surface area contributed by atoms with Gasteiger partial charge in [0.1, 0.15) is 25.1 Å². The predicted molar refractivity (Wildman–Crippen MR) is 128 cm³/mol. The van der Waals surface area contributed by atoms with Gasteiger partial charge < -0.3 is 14.6 Å². The molecule has 0 aliphatic carbocycles. The topological polar surface area (TPSA) is 55.8 Å². The first kappa shape index (κ1) is 26.4. The Morgan fingerprint density at radius 3 is 2.58 bits per heavy atom. The lowest BCUT2D eigenvalue weighted by molar-refractivity contribution is -0.142. The summed E-state index contributed by atoms with van der Waals surface area (Å²) in [5.74, 6) is 0.212. The van der Waals surface area contributed by atoms with Crippen molar-refractivity contribution >= 4 is 5.97 Å². The van der Waals surface area contributed by atoms with E-state index in [2.05, 4.69) is 43.5 Å². The van der Waals surface area contributed by atoms with Crippen LogP contribution in [0, 0.1) is 0 Å². The van der Waals surface area contributed by atoms with Crippen molar-refractivity contribution in [3.8, 4) is 5.75 Å². The molecule has 0 saturated heterocycles. The van der Waals surface area contributed by atoms with Gasteiger partial charge in [0.25, 0.3) is 0 Å². The third kappa shape index (κ3) is 14.1. The number of unbranched alkanes of at least 4 members (excludes halogenated alkanes) is 4. The summed E-state index contributed by atoms with van der Waals surface area (Å²) in [6.07, 6.45) is 18.8. The average Bonchev–Trinajstić information content (AvgIpc) is 2.77. The fourth-order valence-corrected chi connectivity index (χ4v) is 2.85. The maximum atomic E-state index is 11.3. The molecule has 1 atom stereocenters. The van der Waals surface area contributed by atoms with E-state index in [1.807, 2.05) is 24.3 Å². The maximum absolute atomic E-state index is 11.3. The second kappa shape index (κ2) is 17.1. The molecular formula is C27H38O4. The molecule has 1 N–H and O–H groups in total. The largest absolute Gasteiger partial charge is 0.491 e. The Bertz CT molecular complexity index is 718. The summed E-state index contributed by atoms with van der Waals surface area (Å²) in [7, 11) is 0. The highest BCUT2D eigenvalue weighted by molar-refractivity contribution is 5.86. The maximum Gasteiger partial charge on any atom is 0.333 e. The summed E-state index contributed by atoms with van der Waals surface area (Å²) in [6, 6.07) is 7.94. The first-order valence-corrected chi connectivity index (χ1v) is 11.2. The molecule has 1 aromatic rings. The molecule has 0 aromatic heterocycles. The van der Waals surface area contributed by atoms with Gasteiger partial charge in [-0.15, -0.1) is 6.58 Å². The molecule has 0 bridgehead atoms. The zero-order valence-corrected chi connectivity index (χ0v) is 18.9. The summed E-state index contributed by atoms with van der Waals surface area (Å²) in [4.78, 5) is 11.3. The van der Waals surface area contributed by atoms with Gasteiger partial charge in [-0.3, -0.25) is 0 Å². The normalized spacial score (nSPS) is 12.2. The van der Waals surface area contributed by atoms with Gasteiger partial charge in [0.05, 0.1) is 0 Å². The van der Waals surface area contributed by atoms with Gasteiger partial charge in [0, 0.05) is 5.57 Å². The van der Waals surface area contributed by atoms with Crippen molar-refractivity contribution in [1.82, 2.24) is 0 Å². The van der Waals surface area contributed by atoms with Crippen LogP contribution in [-0.4, -0.2) is 30.4 Å². The van der Waals surface area contributed by atoms with Crippen molar-refractivity contribution < 1.29 is 19.4 Å². The number of hydrogen-bond donors (Lipinski definition) is 1. The quantitative estimate of drug-likeness (QED) is 0.141. The number of aliphatic hydroxyl groups is 1. The number of carbonyl (C=O) groups excluding carboxylic acids is 1. The fourth-order valence-electron chi connectivity index (χ4n) is 2.85. The van der Waals surface area contributed by atoms with E-state index in [0.29, 0.717) is 5.57 Å². The molecule has 4 heteroatoms. The third-order valence-corrected chi connectivity index (χ3v) is 4.59. The molecule has 0 aliphatic rings. The Kier molecular flexibility index (Phi) is 14.6. The van der Waals surface area contributed by atoms with Crippen LogP contribution in [-0.2, 0) is 16.0 Å². The van der Waals surface area contributed by atoms with E-state index in [9.17, 15) is 9.90 Å². The molecule has 0 aliphatic heterocycles. The number of aliphatic hydroxyl groups excluding tert-OH is 1. The summed E-state index contributed by atoms with van der Waals surface area (Å²) < 4.78 is 10.6. The minimum atomic E-state index is -0.871. The van der Waals surface area contributed by atoms with Crippen LogP contribution in [0.4, 0.5) is 0 Å². The van der Waals surface area contributed by atoms with Crippen LogP contribution >= 0.6 is 0 Å². The molecule has 4 nitrogen and oxygen atoms in total. The molecule has 0 saturated carbocycles. The van der Waals surface area contributed by atoms with Gasteiger partial charge in [0.15, 0.2) is 0 Å². The molecule has 0 heterocycles. The zero-order chi connectivity index (χ0) is 22.7. The summed E-state index contributed by atoms with van der Waals surface area (Å²) in [5, 5.41) is 9.89. The molecule has 31 heavy (non-hydrogen) atoms. The highest BCUT2D eigenvalue weighted by Crippen LogP contribution is 2.16. The van der Waals surface area contributed by atoms with Crippen molar-refractivity contribution in [2.45, 2.75) is 64.4 Å². The van der Waals surface area contributed by atoms with Crippen molar-refractivity contribution in [3.63, 3.8) is 0 Å². The number of allylic oxidation sites excluding steroid dienone is 5. The second-order valence-corrected chi connectivity index (χ2v) is 7.65. The molecule has 1 aromatic carbocycles. The Morgan fingerprint density at radius 2 is 1.81 bits per heavy atom. The number of ether oxygens (including phenoxy) is 2. The van der Waals surface area contributed by atoms with E-state index in [-0.39, 0.29) is 13.2 Å². The van der Waals surface area contributed by atoms with E-state index in [4.69, 9.17) is 9.47 Å². The van der Waals surface area contributed by atoms with Crippen molar-refractivity contribution in [2.24, 2.45) is 0 Å². The van der Waals surface area contributed by atoms with Crippen molar-refractivity contribution in [1.29, 1.82) is 0 Å². The molecule has 0 radical (unpaired) electrons. The number of esters is 1. The van der Waals surface area contributed by atoms with E-state index in [1.165, 1.54) is 24.8 Å². The summed E-state index contributed by atoms with van der Waals surface area (Å²) in [5.41, 5.74) is 1.54. The molecule has 0 fully saturated rings. The van der Waals surface area contributed by atoms with Crippen LogP contribution in [0.1, 0.15) is 57.4 Å². The Labute approximate surface area is 188 Å². The number of carbonyl (C=O) groups is 1. The first-order valence-electron chi connectivity index (χ1n) is 11.2. The van der Waals surface area contributed by atoms with Gasteiger partial charge in [-0.05, 0) is 63.1 Å². The third-order valence-electron chi connectivity index (χ3n) is 4.59. The SMILES string of the molecule is C=CC/C=C\C/C=C\CCCCCCc1cccc(OCC(O)COC(=O)C(=C)C)c1. The van der Waals surface area contributed by atoms with E-state index in [1.54, 1.807) is 6.92 Å². The predicted octanol–water partition coefficient (Wildman–Crippen LogP) is 6.12. The monoisotopic (exact) mass is 426 g/mol. The summed E-state index contributed by atoms with van der Waals surface area (Å²) >= 11 is 0. The van der Waals surface area contributed by atoms with Gasteiger partial charge in [0.2, 0.25) is 0 Å². The summed E-state index contributed by atoms with van der Waals surface area (Å²) in [6.45, 7) is 8.74. The van der Waals surface area contributed by atoms with Crippen LogP contribution in [0.5, 0.6) is 5.75 Å². The number of benzene rings is 1. The molecule has 170 valence electrons. The second-order valence-electron chi connectivity index (χ2n) is 7.65. The minimum Gasteiger partial charge on any atom is -0.491 e. The lowest BCUT2D eigenvalue weighted by Crippen LogP contribution is -2.25. The van der Waals surface area contributed by atoms with Gasteiger partial charge in [-0.1, -0.05) is 61.9 Å². The van der Waals surface area contributed by atoms with Crippen LogP contribution in [0.2, 0.25) is 0 Å². The zero-order valence-electron chi connectivity index (χ0n) is 18.9. The van der Waals surface area contributed by atoms with E-state index in [0.717, 1.165) is 37.9 Å². The fraction of sp³-hybridized carbons (Fsp3) is 0.444. The van der Waals surface area contributed by atoms with E-state index < -0.39 is 12.1 Å². The Hall–Kier alpha value is -2.59. The molecule has 1 rings (SSSR count). The van der Waals surface area contributed by atoms with Crippen LogP contribution in [0.15, 0.2) is 73.4 Å². The molecular weight excluding hydrogens is 388 g/mol. The highest BCUT2D eigenvalue weighted by Gasteiger charge is 2.10. The smallest absolute Gasteiger partial charge is 0.333 e. The van der Waals surface area contributed by atoms with Crippen LogP contribution < -0.4 is 4.74 Å². The lowest BCUT2D eigenvalue weighted by atomic mass is 10.1. The lowest BCUT2D eigenvalue weighted by Gasteiger charge is -2.13. The number of hydrogen-bond acceptors (Lipinski definition) is 4. The standard InChI is InChI=1S/C27H38O4/c1-4-5-6-7-8-9-10-11-12-13-14-15-17-24-18-16-19-26(20-24)30-21-25(28)22-31-27(29)23(2)3/h4,6-7,9-10,16,18-20,25,28H,1-2,5,8,11-15,17,21-22H2,3H3/b7-6-,10-9-. The number of rotatable bonds is 17. The van der Waals surface area contributed by atoms with Gasteiger partial charge in [-0.2, -0.15) is 0 Å².